The molecule has 0 aromatic heterocycles. The molecule has 1 N–H and O–H groups in total. The van der Waals surface area contributed by atoms with Crippen LogP contribution in [0.1, 0.15) is 22.8 Å². The van der Waals surface area contributed by atoms with Crippen LogP contribution in [0.15, 0.2) is 36.4 Å². The predicted molar refractivity (Wildman–Crippen MR) is 69.4 cm³/mol. The van der Waals surface area contributed by atoms with Crippen molar-refractivity contribution in [3.05, 3.63) is 47.5 Å². The molecule has 0 aliphatic carbocycles. The summed E-state index contributed by atoms with van der Waals surface area (Å²) in [6.45, 7) is 6.50. The van der Waals surface area contributed by atoms with E-state index in [-0.39, 0.29) is 12.1 Å². The zero-order valence-electron chi connectivity index (χ0n) is 11.1. The Bertz CT molecular complexity index is 466. The molecule has 0 fully saturated rings. The summed E-state index contributed by atoms with van der Waals surface area (Å²) < 4.78 is 42.2. The maximum Gasteiger partial charge on any atom is 0.416 e. The number of carbonyl (C=O) groups excluding carboxylic acids is 1. The highest BCUT2D eigenvalue weighted by molar-refractivity contribution is 5.94. The highest BCUT2D eigenvalue weighted by Gasteiger charge is 2.30. The molecule has 0 unspecified atom stereocenters. The number of amides is 1. The summed E-state index contributed by atoms with van der Waals surface area (Å²) >= 11 is 0. The molecule has 110 valence electrons. The molecule has 0 aliphatic heterocycles. The van der Waals surface area contributed by atoms with Crippen molar-refractivity contribution in [3.8, 4) is 0 Å². The Morgan fingerprint density at radius 1 is 1.30 bits per heavy atom. The summed E-state index contributed by atoms with van der Waals surface area (Å²) in [5.74, 6) is -0.433. The predicted octanol–water partition coefficient (Wildman–Crippen LogP) is 3.03. The molecule has 0 spiro atoms. The second-order valence-corrected chi connectivity index (χ2v) is 4.34. The summed E-state index contributed by atoms with van der Waals surface area (Å²) in [5, 5.41) is 2.56. The van der Waals surface area contributed by atoms with Crippen LogP contribution in [0.2, 0.25) is 0 Å². The Kier molecular flexibility index (Phi) is 5.76. The Hall–Kier alpha value is -1.82. The first kappa shape index (κ1) is 16.2. The minimum atomic E-state index is -4.40. The van der Waals surface area contributed by atoms with Gasteiger partial charge in [-0.25, -0.2) is 0 Å². The average molecular weight is 287 g/mol. The quantitative estimate of drug-likeness (QED) is 0.645. The average Bonchev–Trinajstić information content (AvgIpc) is 2.37. The maximum absolute atomic E-state index is 12.3. The fourth-order valence-corrected chi connectivity index (χ4v) is 1.40. The summed E-state index contributed by atoms with van der Waals surface area (Å²) in [5.41, 5.74) is 0.274. The largest absolute Gasteiger partial charge is 0.416 e. The SMILES string of the molecule is C=C(C)COCCNC(=O)c1ccc(C(F)(F)F)cc1. The number of ether oxygens (including phenoxy) is 1. The third-order valence-corrected chi connectivity index (χ3v) is 2.35. The first-order valence-electron chi connectivity index (χ1n) is 5.98. The van der Waals surface area contributed by atoms with E-state index in [0.717, 1.165) is 29.8 Å². The Morgan fingerprint density at radius 3 is 2.40 bits per heavy atom. The van der Waals surface area contributed by atoms with E-state index < -0.39 is 17.6 Å². The van der Waals surface area contributed by atoms with Crippen LogP contribution in [-0.2, 0) is 10.9 Å². The summed E-state index contributed by atoms with van der Waals surface area (Å²) in [7, 11) is 0. The van der Waals surface area contributed by atoms with Crippen LogP contribution >= 0.6 is 0 Å². The van der Waals surface area contributed by atoms with Crippen LogP contribution in [0.25, 0.3) is 0 Å². The van der Waals surface area contributed by atoms with Crippen LogP contribution in [0, 0.1) is 0 Å². The van der Waals surface area contributed by atoms with Crippen LogP contribution in [-0.4, -0.2) is 25.7 Å². The lowest BCUT2D eigenvalue weighted by atomic mass is 10.1. The molecular weight excluding hydrogens is 271 g/mol. The normalized spacial score (nSPS) is 11.2. The van der Waals surface area contributed by atoms with Crippen LogP contribution in [0.5, 0.6) is 0 Å². The molecule has 1 aromatic carbocycles. The molecule has 0 saturated heterocycles. The molecule has 1 rings (SSSR count). The number of carbonyl (C=O) groups is 1. The topological polar surface area (TPSA) is 38.3 Å². The van der Waals surface area contributed by atoms with E-state index in [1.54, 1.807) is 0 Å². The zero-order valence-corrected chi connectivity index (χ0v) is 11.1. The molecule has 0 aliphatic rings. The monoisotopic (exact) mass is 287 g/mol. The first-order chi connectivity index (χ1) is 9.30. The zero-order chi connectivity index (χ0) is 15.2. The van der Waals surface area contributed by atoms with Crippen molar-refractivity contribution in [2.75, 3.05) is 19.8 Å². The fourth-order valence-electron chi connectivity index (χ4n) is 1.40. The van der Waals surface area contributed by atoms with E-state index in [1.807, 2.05) is 6.92 Å². The molecule has 0 atom stereocenters. The van der Waals surface area contributed by atoms with Gasteiger partial charge in [0.25, 0.3) is 5.91 Å². The number of rotatable bonds is 6. The molecular formula is C14H16F3NO2. The van der Waals surface area contributed by atoms with E-state index in [9.17, 15) is 18.0 Å². The standard InChI is InChI=1S/C14H16F3NO2/c1-10(2)9-20-8-7-18-13(19)11-3-5-12(6-4-11)14(15,16)17/h3-6H,1,7-9H2,2H3,(H,18,19). The Labute approximate surface area is 115 Å². The van der Waals surface area contributed by atoms with Crippen LogP contribution < -0.4 is 5.32 Å². The number of hydrogen-bond donors (Lipinski definition) is 1. The molecule has 1 aromatic rings. The minimum Gasteiger partial charge on any atom is -0.375 e. The van der Waals surface area contributed by atoms with Gasteiger partial charge in [0.05, 0.1) is 18.8 Å². The lowest BCUT2D eigenvalue weighted by Crippen LogP contribution is -2.27. The number of nitrogens with one attached hydrogen (secondary N) is 1. The third-order valence-electron chi connectivity index (χ3n) is 2.35. The fraction of sp³-hybridized carbons (Fsp3) is 0.357. The summed E-state index contributed by atoms with van der Waals surface area (Å²) in [4.78, 5) is 11.6. The smallest absolute Gasteiger partial charge is 0.375 e. The van der Waals surface area contributed by atoms with Gasteiger partial charge in [0.2, 0.25) is 0 Å². The van der Waals surface area contributed by atoms with Gasteiger partial charge in [-0.1, -0.05) is 12.2 Å². The van der Waals surface area contributed by atoms with Crippen LogP contribution in [0.4, 0.5) is 13.2 Å². The first-order valence-corrected chi connectivity index (χ1v) is 5.98. The van der Waals surface area contributed by atoms with Gasteiger partial charge in [0, 0.05) is 12.1 Å². The molecule has 6 heteroatoms. The van der Waals surface area contributed by atoms with E-state index in [0.29, 0.717) is 13.2 Å². The number of hydrogen-bond acceptors (Lipinski definition) is 2. The van der Waals surface area contributed by atoms with Gasteiger partial charge >= 0.3 is 6.18 Å². The van der Waals surface area contributed by atoms with Gasteiger partial charge in [-0.3, -0.25) is 4.79 Å². The van der Waals surface area contributed by atoms with Crippen molar-refractivity contribution in [1.29, 1.82) is 0 Å². The van der Waals surface area contributed by atoms with Crippen molar-refractivity contribution in [3.63, 3.8) is 0 Å². The second-order valence-electron chi connectivity index (χ2n) is 4.34. The highest BCUT2D eigenvalue weighted by Crippen LogP contribution is 2.28. The third kappa shape index (κ3) is 5.44. The molecule has 0 bridgehead atoms. The van der Waals surface area contributed by atoms with Gasteiger partial charge in [-0.05, 0) is 31.2 Å². The van der Waals surface area contributed by atoms with Crippen molar-refractivity contribution < 1.29 is 22.7 Å². The highest BCUT2D eigenvalue weighted by atomic mass is 19.4. The van der Waals surface area contributed by atoms with E-state index in [2.05, 4.69) is 11.9 Å². The molecule has 1 amide bonds. The van der Waals surface area contributed by atoms with Crippen molar-refractivity contribution in [2.45, 2.75) is 13.1 Å². The Balaban J connectivity index is 2.42. The van der Waals surface area contributed by atoms with E-state index >= 15 is 0 Å². The van der Waals surface area contributed by atoms with Gasteiger partial charge in [-0.2, -0.15) is 13.2 Å². The van der Waals surface area contributed by atoms with Gasteiger partial charge in [0.1, 0.15) is 0 Å². The number of alkyl halides is 3. The maximum atomic E-state index is 12.3. The molecule has 20 heavy (non-hydrogen) atoms. The molecule has 0 radical (unpaired) electrons. The lowest BCUT2D eigenvalue weighted by Gasteiger charge is -2.08. The van der Waals surface area contributed by atoms with E-state index in [4.69, 9.17) is 4.74 Å². The molecule has 0 saturated carbocycles. The molecule has 0 heterocycles. The number of benzene rings is 1. The van der Waals surface area contributed by atoms with Gasteiger partial charge in [-0.15, -0.1) is 0 Å². The lowest BCUT2D eigenvalue weighted by molar-refractivity contribution is -0.137. The minimum absolute atomic E-state index is 0.179. The summed E-state index contributed by atoms with van der Waals surface area (Å²) in [6.07, 6.45) is -4.40. The molecule has 3 nitrogen and oxygen atoms in total. The van der Waals surface area contributed by atoms with Gasteiger partial charge < -0.3 is 10.1 Å². The van der Waals surface area contributed by atoms with Gasteiger partial charge in [0.15, 0.2) is 0 Å². The van der Waals surface area contributed by atoms with Crippen molar-refractivity contribution in [1.82, 2.24) is 5.32 Å². The van der Waals surface area contributed by atoms with Crippen LogP contribution in [0.3, 0.4) is 0 Å². The van der Waals surface area contributed by atoms with E-state index in [1.165, 1.54) is 0 Å². The van der Waals surface area contributed by atoms with Crippen molar-refractivity contribution >= 4 is 5.91 Å². The van der Waals surface area contributed by atoms with Crippen molar-refractivity contribution in [2.24, 2.45) is 0 Å². The summed E-state index contributed by atoms with van der Waals surface area (Å²) in [6, 6.07) is 4.05. The number of halogens is 3. The second kappa shape index (κ2) is 7.09. The Morgan fingerprint density at radius 2 is 1.90 bits per heavy atom.